The molecule has 0 bridgehead atoms. The number of hydrogen-bond donors (Lipinski definition) is 0. The molecule has 1 aromatic rings. The van der Waals surface area contributed by atoms with Crippen molar-refractivity contribution in [3.05, 3.63) is 52.4 Å². The number of benzene rings is 1. The molecule has 0 aromatic heterocycles. The summed E-state index contributed by atoms with van der Waals surface area (Å²) in [4.78, 5) is 2.72. The Morgan fingerprint density at radius 1 is 1.38 bits per heavy atom. The third-order valence-corrected chi connectivity index (χ3v) is 1.60. The van der Waals surface area contributed by atoms with Crippen LogP contribution in [0.5, 0.6) is 0 Å². The molecule has 1 unspecified atom stereocenters. The zero-order valence-corrected chi connectivity index (χ0v) is 7.46. The fourth-order valence-corrected chi connectivity index (χ4v) is 0.934. The van der Waals surface area contributed by atoms with Gasteiger partial charge < -0.3 is 0 Å². The highest BCUT2D eigenvalue weighted by Crippen LogP contribution is 2.03. The summed E-state index contributed by atoms with van der Waals surface area (Å²) in [5, 5.41) is 3.53. The molecule has 1 rings (SSSR count). The second-order valence-corrected chi connectivity index (χ2v) is 2.72. The van der Waals surface area contributed by atoms with Crippen LogP contribution in [-0.4, -0.2) is 6.04 Å². The molecule has 1 atom stereocenters. The molecule has 0 spiro atoms. The standard InChI is InChI=1S/C10H11N3/c1-9(12-13-11)7-8-10-5-3-2-4-6-10/h2-9H,1H3/b8-7+. The highest BCUT2D eigenvalue weighted by Gasteiger charge is 1.89. The molecule has 0 aliphatic heterocycles. The van der Waals surface area contributed by atoms with E-state index in [0.717, 1.165) is 5.56 Å². The van der Waals surface area contributed by atoms with Crippen molar-refractivity contribution in [2.45, 2.75) is 13.0 Å². The molecular formula is C10H11N3. The number of hydrogen-bond acceptors (Lipinski definition) is 1. The summed E-state index contributed by atoms with van der Waals surface area (Å²) in [6, 6.07) is 9.81. The molecule has 0 amide bonds. The molecule has 3 heteroatoms. The van der Waals surface area contributed by atoms with E-state index in [1.165, 1.54) is 0 Å². The lowest BCUT2D eigenvalue weighted by Gasteiger charge is -1.94. The van der Waals surface area contributed by atoms with Crippen LogP contribution in [0, 0.1) is 0 Å². The van der Waals surface area contributed by atoms with Gasteiger partial charge in [-0.2, -0.15) is 0 Å². The molecule has 3 nitrogen and oxygen atoms in total. The largest absolute Gasteiger partial charge is 0.0868 e. The smallest absolute Gasteiger partial charge is 0.0530 e. The lowest BCUT2D eigenvalue weighted by atomic mass is 10.2. The summed E-state index contributed by atoms with van der Waals surface area (Å²) >= 11 is 0. The number of rotatable bonds is 3. The highest BCUT2D eigenvalue weighted by molar-refractivity contribution is 5.49. The Kier molecular flexibility index (Phi) is 3.61. The van der Waals surface area contributed by atoms with Crippen molar-refractivity contribution in [1.82, 2.24) is 0 Å². The maximum atomic E-state index is 8.16. The van der Waals surface area contributed by atoms with Gasteiger partial charge in [0.1, 0.15) is 0 Å². The van der Waals surface area contributed by atoms with Crippen molar-refractivity contribution >= 4 is 6.08 Å². The van der Waals surface area contributed by atoms with Crippen LogP contribution in [0.3, 0.4) is 0 Å². The van der Waals surface area contributed by atoms with Gasteiger partial charge in [-0.1, -0.05) is 54.5 Å². The summed E-state index contributed by atoms with van der Waals surface area (Å²) in [7, 11) is 0. The lowest BCUT2D eigenvalue weighted by molar-refractivity contribution is 0.915. The first-order valence-corrected chi connectivity index (χ1v) is 4.10. The van der Waals surface area contributed by atoms with Crippen LogP contribution >= 0.6 is 0 Å². The van der Waals surface area contributed by atoms with E-state index in [1.807, 2.05) is 49.4 Å². The molecule has 0 heterocycles. The normalized spacial score (nSPS) is 12.4. The first kappa shape index (κ1) is 9.36. The van der Waals surface area contributed by atoms with Gasteiger partial charge in [-0.25, -0.2) is 0 Å². The van der Waals surface area contributed by atoms with Crippen LogP contribution in [0.2, 0.25) is 0 Å². The first-order valence-electron chi connectivity index (χ1n) is 4.10. The van der Waals surface area contributed by atoms with E-state index in [1.54, 1.807) is 0 Å². The second kappa shape index (κ2) is 5.01. The fraction of sp³-hybridized carbons (Fsp3) is 0.200. The summed E-state index contributed by atoms with van der Waals surface area (Å²) in [5.41, 5.74) is 9.27. The SMILES string of the molecule is CC(/C=C/c1ccccc1)N=[N+]=[N-]. The minimum atomic E-state index is -0.0924. The third kappa shape index (κ3) is 3.45. The van der Waals surface area contributed by atoms with Crippen LogP contribution in [0.15, 0.2) is 41.5 Å². The van der Waals surface area contributed by atoms with Gasteiger partial charge in [-0.15, -0.1) is 0 Å². The summed E-state index contributed by atoms with van der Waals surface area (Å²) in [6.45, 7) is 1.85. The zero-order valence-electron chi connectivity index (χ0n) is 7.46. The van der Waals surface area contributed by atoms with E-state index in [4.69, 9.17) is 5.53 Å². The average molecular weight is 173 g/mol. The molecular weight excluding hydrogens is 162 g/mol. The molecule has 13 heavy (non-hydrogen) atoms. The lowest BCUT2D eigenvalue weighted by Crippen LogP contribution is -1.87. The molecule has 0 aliphatic rings. The Balaban J connectivity index is 2.63. The van der Waals surface area contributed by atoms with Crippen molar-refractivity contribution in [1.29, 1.82) is 0 Å². The molecule has 0 aliphatic carbocycles. The Morgan fingerprint density at radius 3 is 2.69 bits per heavy atom. The summed E-state index contributed by atoms with van der Waals surface area (Å²) in [5.74, 6) is 0. The second-order valence-electron chi connectivity index (χ2n) is 2.72. The molecule has 1 aromatic carbocycles. The molecule has 0 radical (unpaired) electrons. The quantitative estimate of drug-likeness (QED) is 0.382. The maximum Gasteiger partial charge on any atom is 0.0530 e. The topological polar surface area (TPSA) is 48.8 Å². The van der Waals surface area contributed by atoms with Gasteiger partial charge in [0, 0.05) is 4.91 Å². The highest BCUT2D eigenvalue weighted by atomic mass is 15.1. The number of nitrogens with zero attached hydrogens (tertiary/aromatic N) is 3. The Hall–Kier alpha value is -1.73. The van der Waals surface area contributed by atoms with Gasteiger partial charge in [0.15, 0.2) is 0 Å². The zero-order chi connectivity index (χ0) is 9.52. The monoisotopic (exact) mass is 173 g/mol. The van der Waals surface area contributed by atoms with Gasteiger partial charge in [-0.3, -0.25) is 0 Å². The van der Waals surface area contributed by atoms with Crippen LogP contribution in [0.1, 0.15) is 12.5 Å². The predicted molar refractivity (Wildman–Crippen MR) is 54.1 cm³/mol. The molecule has 0 fully saturated rings. The Labute approximate surface area is 77.3 Å². The van der Waals surface area contributed by atoms with Crippen molar-refractivity contribution in [3.8, 4) is 0 Å². The minimum Gasteiger partial charge on any atom is -0.0868 e. The van der Waals surface area contributed by atoms with Crippen molar-refractivity contribution in [2.75, 3.05) is 0 Å². The van der Waals surface area contributed by atoms with Gasteiger partial charge in [0.25, 0.3) is 0 Å². The summed E-state index contributed by atoms with van der Waals surface area (Å²) in [6.07, 6.45) is 3.81. The maximum absolute atomic E-state index is 8.16. The predicted octanol–water partition coefficient (Wildman–Crippen LogP) is 3.40. The third-order valence-electron chi connectivity index (χ3n) is 1.60. The Bertz CT molecular complexity index is 323. The van der Waals surface area contributed by atoms with Crippen molar-refractivity contribution in [3.63, 3.8) is 0 Å². The van der Waals surface area contributed by atoms with E-state index in [9.17, 15) is 0 Å². The van der Waals surface area contributed by atoms with Gasteiger partial charge in [0.05, 0.1) is 6.04 Å². The van der Waals surface area contributed by atoms with Crippen molar-refractivity contribution < 1.29 is 0 Å². The van der Waals surface area contributed by atoms with Crippen LogP contribution < -0.4 is 0 Å². The van der Waals surface area contributed by atoms with Gasteiger partial charge in [0.2, 0.25) is 0 Å². The first-order chi connectivity index (χ1) is 6.33. The average Bonchev–Trinajstić information content (AvgIpc) is 2.17. The Morgan fingerprint density at radius 2 is 2.08 bits per heavy atom. The van der Waals surface area contributed by atoms with Crippen LogP contribution in [-0.2, 0) is 0 Å². The van der Waals surface area contributed by atoms with Crippen LogP contribution in [0.4, 0.5) is 0 Å². The fourth-order valence-electron chi connectivity index (χ4n) is 0.934. The molecule has 0 saturated heterocycles. The van der Waals surface area contributed by atoms with E-state index in [2.05, 4.69) is 10.0 Å². The minimum absolute atomic E-state index is 0.0924. The molecule has 0 saturated carbocycles. The van der Waals surface area contributed by atoms with Gasteiger partial charge >= 0.3 is 0 Å². The molecule has 0 N–H and O–H groups in total. The van der Waals surface area contributed by atoms with Crippen LogP contribution in [0.25, 0.3) is 16.5 Å². The number of azide groups is 1. The van der Waals surface area contributed by atoms with Gasteiger partial charge in [-0.05, 0) is 11.1 Å². The van der Waals surface area contributed by atoms with E-state index in [-0.39, 0.29) is 6.04 Å². The van der Waals surface area contributed by atoms with E-state index < -0.39 is 0 Å². The van der Waals surface area contributed by atoms with E-state index in [0.29, 0.717) is 0 Å². The molecule has 66 valence electrons. The van der Waals surface area contributed by atoms with Crippen molar-refractivity contribution in [2.24, 2.45) is 5.11 Å². The summed E-state index contributed by atoms with van der Waals surface area (Å²) < 4.78 is 0. The van der Waals surface area contributed by atoms with E-state index >= 15 is 0 Å².